The summed E-state index contributed by atoms with van der Waals surface area (Å²) < 4.78 is 17.6. The fourth-order valence-corrected chi connectivity index (χ4v) is 0.800. The van der Waals surface area contributed by atoms with E-state index in [1.807, 2.05) is 0 Å². The highest BCUT2D eigenvalue weighted by Gasteiger charge is 2.11. The topological polar surface area (TPSA) is 30.5 Å². The van der Waals surface area contributed by atoms with Crippen LogP contribution in [-0.2, 0) is 9.47 Å². The number of nitrogens with one attached hydrogen (secondary N) is 1. The van der Waals surface area contributed by atoms with Gasteiger partial charge in [0, 0.05) is 20.2 Å². The third-order valence-electron chi connectivity index (χ3n) is 1.21. The molecule has 3 nitrogen and oxygen atoms in total. The van der Waals surface area contributed by atoms with Crippen LogP contribution in [-0.4, -0.2) is 39.5 Å². The van der Waals surface area contributed by atoms with Gasteiger partial charge < -0.3 is 14.8 Å². The lowest BCUT2D eigenvalue weighted by Crippen LogP contribution is -2.40. The largest absolute Gasteiger partial charge is 0.382 e. The molecule has 1 aliphatic heterocycles. The quantitative estimate of drug-likeness (QED) is 0.555. The van der Waals surface area contributed by atoms with Crippen LogP contribution in [0.5, 0.6) is 0 Å². The van der Waals surface area contributed by atoms with Crippen molar-refractivity contribution < 1.29 is 10.8 Å². The molecular formula is C6H13NO2. The van der Waals surface area contributed by atoms with Crippen molar-refractivity contribution in [2.24, 2.45) is 0 Å². The molecule has 0 bridgehead atoms. The Bertz CT molecular complexity index is 98.4. The average Bonchev–Trinajstić information content (AvgIpc) is 1.89. The van der Waals surface area contributed by atoms with Gasteiger partial charge in [-0.25, -0.2) is 0 Å². The van der Waals surface area contributed by atoms with Crippen LogP contribution in [0.25, 0.3) is 0 Å². The molecule has 1 heterocycles. The first-order valence-corrected chi connectivity index (χ1v) is 3.10. The molecule has 1 fully saturated rings. The number of hydrogen-bond acceptors (Lipinski definition) is 3. The van der Waals surface area contributed by atoms with Crippen LogP contribution in [0.3, 0.4) is 0 Å². The van der Waals surface area contributed by atoms with Crippen LogP contribution < -0.4 is 5.32 Å². The fraction of sp³-hybridized carbons (Fsp3) is 1.00. The van der Waals surface area contributed by atoms with E-state index in [2.05, 4.69) is 5.32 Å². The molecule has 1 N–H and O–H groups in total. The van der Waals surface area contributed by atoms with Gasteiger partial charge in [-0.2, -0.15) is 0 Å². The van der Waals surface area contributed by atoms with Crippen molar-refractivity contribution in [3.8, 4) is 0 Å². The Hall–Kier alpha value is -0.120. The molecule has 3 heteroatoms. The van der Waals surface area contributed by atoms with E-state index < -0.39 is 6.08 Å². The molecule has 1 unspecified atom stereocenters. The highest BCUT2D eigenvalue weighted by Crippen LogP contribution is 1.94. The molecule has 0 aromatic rings. The van der Waals surface area contributed by atoms with E-state index in [0.29, 0.717) is 19.8 Å². The van der Waals surface area contributed by atoms with Gasteiger partial charge in [-0.3, -0.25) is 0 Å². The van der Waals surface area contributed by atoms with Gasteiger partial charge in [0.2, 0.25) is 0 Å². The van der Waals surface area contributed by atoms with Crippen LogP contribution in [0.4, 0.5) is 0 Å². The van der Waals surface area contributed by atoms with E-state index in [0.717, 1.165) is 6.54 Å². The molecule has 1 atom stereocenters. The number of ether oxygens (including phenoxy) is 2. The molecule has 1 saturated heterocycles. The second kappa shape index (κ2) is 3.82. The minimum absolute atomic E-state index is 0.333. The zero-order valence-corrected chi connectivity index (χ0v) is 5.64. The monoisotopic (exact) mass is 132 g/mol. The molecule has 9 heavy (non-hydrogen) atoms. The van der Waals surface area contributed by atoms with Crippen LogP contribution in [0.15, 0.2) is 0 Å². The van der Waals surface area contributed by atoms with E-state index in [-0.39, 0.29) is 0 Å². The Kier molecular flexibility index (Phi) is 2.40. The van der Waals surface area contributed by atoms with Gasteiger partial charge in [-0.15, -0.1) is 0 Å². The summed E-state index contributed by atoms with van der Waals surface area (Å²) in [6.07, 6.45) is -0.854. The molecule has 0 saturated carbocycles. The van der Waals surface area contributed by atoms with Gasteiger partial charge in [0.05, 0.1) is 20.7 Å². The van der Waals surface area contributed by atoms with Gasteiger partial charge in [0.25, 0.3) is 0 Å². The Labute approximate surface area is 56.7 Å². The van der Waals surface area contributed by atoms with Crippen molar-refractivity contribution in [2.75, 3.05) is 33.4 Å². The molecule has 0 spiro atoms. The van der Waals surface area contributed by atoms with E-state index in [4.69, 9.17) is 10.8 Å². The van der Waals surface area contributed by atoms with Crippen molar-refractivity contribution in [2.45, 2.75) is 6.08 Å². The van der Waals surface area contributed by atoms with Gasteiger partial charge in [0.1, 0.15) is 0 Å². The second-order valence-electron chi connectivity index (χ2n) is 2.00. The Balaban J connectivity index is 2.32. The molecule has 0 radical (unpaired) electrons. The lowest BCUT2D eigenvalue weighted by atomic mass is 10.3. The molecule has 1 rings (SSSR count). The molecule has 0 aromatic carbocycles. The van der Waals surface area contributed by atoms with Crippen molar-refractivity contribution in [3.05, 3.63) is 0 Å². The fourth-order valence-electron chi connectivity index (χ4n) is 0.800. The zero-order valence-electron chi connectivity index (χ0n) is 6.64. The van der Waals surface area contributed by atoms with Crippen molar-refractivity contribution in [1.82, 2.24) is 5.32 Å². The van der Waals surface area contributed by atoms with E-state index in [1.54, 1.807) is 7.11 Å². The first-order chi connectivity index (χ1) is 4.77. The van der Waals surface area contributed by atoms with E-state index in [9.17, 15) is 0 Å². The minimum atomic E-state index is -0.854. The highest BCUT2D eigenvalue weighted by molar-refractivity contribution is 4.65. The molecule has 0 amide bonds. The number of methoxy groups -OCH3 is 1. The van der Waals surface area contributed by atoms with Crippen LogP contribution in [0.1, 0.15) is 1.37 Å². The minimum Gasteiger partial charge on any atom is -0.382 e. The average molecular weight is 132 g/mol. The van der Waals surface area contributed by atoms with Crippen LogP contribution >= 0.6 is 0 Å². The van der Waals surface area contributed by atoms with Crippen molar-refractivity contribution in [1.29, 1.82) is 0 Å². The maximum Gasteiger partial charge on any atom is 0.0932 e. The lowest BCUT2D eigenvalue weighted by molar-refractivity contribution is -0.0188. The van der Waals surface area contributed by atoms with Gasteiger partial charge in [-0.05, 0) is 0 Å². The third kappa shape index (κ3) is 2.30. The maximum atomic E-state index is 7.61. The summed E-state index contributed by atoms with van der Waals surface area (Å²) in [5.74, 6) is 0. The summed E-state index contributed by atoms with van der Waals surface area (Å²) >= 11 is 0. The summed E-state index contributed by atoms with van der Waals surface area (Å²) in [5, 5.41) is 3.07. The maximum absolute atomic E-state index is 7.61. The standard InChI is InChI=1S/C6H13NO2/c1-8-5-6-4-7-2-3-9-6/h6-7H,2-5H2,1H3/i6D. The first kappa shape index (κ1) is 5.65. The Morgan fingerprint density at radius 2 is 2.89 bits per heavy atom. The summed E-state index contributed by atoms with van der Waals surface area (Å²) in [5.41, 5.74) is 0. The van der Waals surface area contributed by atoms with E-state index in [1.165, 1.54) is 0 Å². The Morgan fingerprint density at radius 3 is 3.44 bits per heavy atom. The van der Waals surface area contributed by atoms with Crippen molar-refractivity contribution >= 4 is 0 Å². The zero-order chi connectivity index (χ0) is 7.45. The van der Waals surface area contributed by atoms with Crippen LogP contribution in [0, 0.1) is 0 Å². The normalized spacial score (nSPS) is 38.1. The van der Waals surface area contributed by atoms with E-state index >= 15 is 0 Å². The highest BCUT2D eigenvalue weighted by atomic mass is 16.5. The molecule has 54 valence electrons. The lowest BCUT2D eigenvalue weighted by Gasteiger charge is -2.22. The van der Waals surface area contributed by atoms with Gasteiger partial charge in [-0.1, -0.05) is 0 Å². The predicted molar refractivity (Wildman–Crippen MR) is 34.5 cm³/mol. The molecule has 0 aromatic heterocycles. The summed E-state index contributed by atoms with van der Waals surface area (Å²) in [4.78, 5) is 0. The number of hydrogen-bond donors (Lipinski definition) is 1. The summed E-state index contributed by atoms with van der Waals surface area (Å²) in [6.45, 7) is 2.33. The Morgan fingerprint density at radius 1 is 2.00 bits per heavy atom. The summed E-state index contributed by atoms with van der Waals surface area (Å²) in [6, 6.07) is 0. The molecule has 0 aliphatic carbocycles. The smallest absolute Gasteiger partial charge is 0.0932 e. The van der Waals surface area contributed by atoms with Crippen molar-refractivity contribution in [3.63, 3.8) is 0 Å². The van der Waals surface area contributed by atoms with Crippen LogP contribution in [0.2, 0.25) is 0 Å². The third-order valence-corrected chi connectivity index (χ3v) is 1.21. The number of rotatable bonds is 2. The summed E-state index contributed by atoms with van der Waals surface area (Å²) in [7, 11) is 1.58. The van der Waals surface area contributed by atoms with Gasteiger partial charge >= 0.3 is 0 Å². The second-order valence-corrected chi connectivity index (χ2v) is 2.00. The number of morpholine rings is 1. The first-order valence-electron chi connectivity index (χ1n) is 3.60. The predicted octanol–water partition coefficient (Wildman–Crippen LogP) is -0.379. The van der Waals surface area contributed by atoms with Gasteiger partial charge in [0.15, 0.2) is 0 Å². The molecule has 1 aliphatic rings. The SMILES string of the molecule is [2H]C1(COC)CNCCO1. The molecular weight excluding hydrogens is 118 g/mol.